The Labute approximate surface area is 159 Å². The summed E-state index contributed by atoms with van der Waals surface area (Å²) < 4.78 is 17.2. The highest BCUT2D eigenvalue weighted by molar-refractivity contribution is 5.75. The van der Waals surface area contributed by atoms with Crippen molar-refractivity contribution in [2.45, 2.75) is 52.2 Å². The van der Waals surface area contributed by atoms with Crippen LogP contribution in [0.3, 0.4) is 0 Å². The summed E-state index contributed by atoms with van der Waals surface area (Å²) in [4.78, 5) is 23.1. The van der Waals surface area contributed by atoms with Crippen LogP contribution in [0.25, 0.3) is 11.0 Å². The highest BCUT2D eigenvalue weighted by atomic mass is 16.6. The van der Waals surface area contributed by atoms with Gasteiger partial charge in [-0.1, -0.05) is 12.1 Å². The molecule has 1 fully saturated rings. The summed E-state index contributed by atoms with van der Waals surface area (Å²) in [7, 11) is 0. The first-order valence-electron chi connectivity index (χ1n) is 9.40. The lowest BCUT2D eigenvalue weighted by atomic mass is 10.1. The average Bonchev–Trinajstić information content (AvgIpc) is 2.61. The molecule has 2 aromatic rings. The third-order valence-corrected chi connectivity index (χ3v) is 4.10. The van der Waals surface area contributed by atoms with Crippen molar-refractivity contribution >= 4 is 17.1 Å². The molecule has 3 rings (SSSR count). The number of amides is 1. The molecule has 1 saturated heterocycles. The normalized spacial score (nSPS) is 17.6. The number of fused-ring (bicyclic) bond motifs is 1. The van der Waals surface area contributed by atoms with Crippen LogP contribution in [-0.4, -0.2) is 52.4 Å². The summed E-state index contributed by atoms with van der Waals surface area (Å²) in [5, 5.41) is 0. The molecular weight excluding hydrogens is 346 g/mol. The zero-order chi connectivity index (χ0) is 19.4. The zero-order valence-electron chi connectivity index (χ0n) is 16.4. The predicted molar refractivity (Wildman–Crippen MR) is 102 cm³/mol. The number of carbonyl (C=O) groups excluding carboxylic acids is 1. The number of rotatable bonds is 4. The number of carbonyl (C=O) groups is 1. The largest absolute Gasteiger partial charge is 0.474 e. The Bertz CT molecular complexity index is 803. The van der Waals surface area contributed by atoms with Crippen LogP contribution in [0.1, 0.15) is 40.5 Å². The first-order chi connectivity index (χ1) is 12.9. The number of piperidine rings is 1. The average molecular weight is 373 g/mol. The maximum atomic E-state index is 12.4. The highest BCUT2D eigenvalue weighted by Crippen LogP contribution is 2.28. The molecule has 7 heteroatoms. The van der Waals surface area contributed by atoms with E-state index in [1.54, 1.807) is 4.90 Å². The number of benzene rings is 1. The zero-order valence-corrected chi connectivity index (χ0v) is 16.4. The molecule has 1 aromatic carbocycles. The van der Waals surface area contributed by atoms with Gasteiger partial charge in [-0.2, -0.15) is 0 Å². The van der Waals surface area contributed by atoms with Gasteiger partial charge in [0.2, 0.25) is 0 Å². The van der Waals surface area contributed by atoms with Crippen LogP contribution in [0.5, 0.6) is 11.8 Å². The number of nitrogens with zero attached hydrogens (tertiary/aromatic N) is 3. The third-order valence-electron chi connectivity index (χ3n) is 4.10. The molecule has 0 saturated carbocycles. The first kappa shape index (κ1) is 19.2. The maximum absolute atomic E-state index is 12.4. The minimum absolute atomic E-state index is 0.180. The number of hydrogen-bond donors (Lipinski definition) is 0. The van der Waals surface area contributed by atoms with Gasteiger partial charge in [0.1, 0.15) is 11.7 Å². The Morgan fingerprint density at radius 3 is 2.48 bits per heavy atom. The fourth-order valence-electron chi connectivity index (χ4n) is 2.96. The summed E-state index contributed by atoms with van der Waals surface area (Å²) in [6.07, 6.45) is 1.18. The lowest BCUT2D eigenvalue weighted by Gasteiger charge is -2.34. The minimum atomic E-state index is -0.517. The van der Waals surface area contributed by atoms with E-state index in [0.717, 1.165) is 23.9 Å². The van der Waals surface area contributed by atoms with Crippen molar-refractivity contribution in [3.8, 4) is 11.8 Å². The van der Waals surface area contributed by atoms with Crippen LogP contribution >= 0.6 is 0 Å². The van der Waals surface area contributed by atoms with E-state index in [4.69, 9.17) is 14.2 Å². The molecule has 1 aliphatic heterocycles. The molecule has 0 unspecified atom stereocenters. The summed E-state index contributed by atoms with van der Waals surface area (Å²) in [5.41, 5.74) is 0.986. The Kier molecular flexibility index (Phi) is 5.68. The van der Waals surface area contributed by atoms with E-state index >= 15 is 0 Å². The van der Waals surface area contributed by atoms with E-state index in [2.05, 4.69) is 9.97 Å². The minimum Gasteiger partial charge on any atom is -0.474 e. The molecule has 1 aliphatic rings. The predicted octanol–water partition coefficient (Wildman–Crippen LogP) is 3.81. The summed E-state index contributed by atoms with van der Waals surface area (Å²) in [6.45, 7) is 9.07. The van der Waals surface area contributed by atoms with Gasteiger partial charge in [0.15, 0.2) is 0 Å². The van der Waals surface area contributed by atoms with Gasteiger partial charge in [0.25, 0.3) is 11.8 Å². The van der Waals surface area contributed by atoms with E-state index < -0.39 is 5.60 Å². The molecule has 7 nitrogen and oxygen atoms in total. The molecule has 27 heavy (non-hydrogen) atoms. The van der Waals surface area contributed by atoms with Crippen molar-refractivity contribution in [2.24, 2.45) is 0 Å². The molecule has 0 radical (unpaired) electrons. The lowest BCUT2D eigenvalue weighted by molar-refractivity contribution is 0.00685. The van der Waals surface area contributed by atoms with E-state index in [-0.39, 0.29) is 12.2 Å². The molecule has 1 amide bonds. The standard InChI is InChI=1S/C20H27N3O4/c1-5-25-17-18(22-16-11-7-6-10-15(16)21-17)26-14-9-8-12-23(13-14)19(24)27-20(2,3)4/h6-7,10-11,14H,5,8-9,12-13H2,1-4H3/t14-/m0/s1. The number of para-hydroxylation sites is 2. The Morgan fingerprint density at radius 1 is 1.19 bits per heavy atom. The van der Waals surface area contributed by atoms with Gasteiger partial charge >= 0.3 is 6.09 Å². The SMILES string of the molecule is CCOc1nc2ccccc2nc1O[C@H]1CCCN(C(=O)OC(C)(C)C)C1. The molecule has 0 N–H and O–H groups in total. The first-order valence-corrected chi connectivity index (χ1v) is 9.40. The van der Waals surface area contributed by atoms with E-state index in [0.29, 0.717) is 31.5 Å². The van der Waals surface area contributed by atoms with Crippen molar-refractivity contribution in [3.05, 3.63) is 24.3 Å². The molecule has 0 spiro atoms. The van der Waals surface area contributed by atoms with Gasteiger partial charge in [-0.05, 0) is 52.7 Å². The topological polar surface area (TPSA) is 73.8 Å². The maximum Gasteiger partial charge on any atom is 0.410 e. The van der Waals surface area contributed by atoms with Crippen LogP contribution < -0.4 is 9.47 Å². The second-order valence-electron chi connectivity index (χ2n) is 7.56. The molecule has 0 bridgehead atoms. The van der Waals surface area contributed by atoms with Crippen molar-refractivity contribution in [3.63, 3.8) is 0 Å². The molecule has 1 atom stereocenters. The Balaban J connectivity index is 1.75. The van der Waals surface area contributed by atoms with Crippen LogP contribution in [0.4, 0.5) is 4.79 Å². The number of aromatic nitrogens is 2. The van der Waals surface area contributed by atoms with Crippen LogP contribution in [-0.2, 0) is 4.74 Å². The van der Waals surface area contributed by atoms with Gasteiger partial charge in [0.05, 0.1) is 24.2 Å². The van der Waals surface area contributed by atoms with Gasteiger partial charge in [-0.3, -0.25) is 0 Å². The number of hydrogen-bond acceptors (Lipinski definition) is 6. The van der Waals surface area contributed by atoms with Crippen LogP contribution in [0, 0.1) is 0 Å². The van der Waals surface area contributed by atoms with E-state index in [9.17, 15) is 4.79 Å². The Morgan fingerprint density at radius 2 is 1.85 bits per heavy atom. The number of ether oxygens (including phenoxy) is 3. The summed E-state index contributed by atoms with van der Waals surface area (Å²) >= 11 is 0. The van der Waals surface area contributed by atoms with Crippen LogP contribution in [0.15, 0.2) is 24.3 Å². The highest BCUT2D eigenvalue weighted by Gasteiger charge is 2.29. The van der Waals surface area contributed by atoms with Gasteiger partial charge in [-0.25, -0.2) is 14.8 Å². The fourth-order valence-corrected chi connectivity index (χ4v) is 2.96. The molecular formula is C20H27N3O4. The molecule has 1 aromatic heterocycles. The van der Waals surface area contributed by atoms with Crippen LogP contribution in [0.2, 0.25) is 0 Å². The molecule has 0 aliphatic carbocycles. The quantitative estimate of drug-likeness (QED) is 0.811. The van der Waals surface area contributed by atoms with E-state index in [1.165, 1.54) is 0 Å². The van der Waals surface area contributed by atoms with Gasteiger partial charge in [-0.15, -0.1) is 0 Å². The van der Waals surface area contributed by atoms with Crippen molar-refractivity contribution in [1.82, 2.24) is 14.9 Å². The van der Waals surface area contributed by atoms with Crippen molar-refractivity contribution < 1.29 is 19.0 Å². The smallest absolute Gasteiger partial charge is 0.410 e. The van der Waals surface area contributed by atoms with Crippen molar-refractivity contribution in [2.75, 3.05) is 19.7 Å². The monoisotopic (exact) mass is 373 g/mol. The fraction of sp³-hybridized carbons (Fsp3) is 0.550. The van der Waals surface area contributed by atoms with E-state index in [1.807, 2.05) is 52.0 Å². The lowest BCUT2D eigenvalue weighted by Crippen LogP contribution is -2.46. The van der Waals surface area contributed by atoms with Gasteiger partial charge < -0.3 is 19.1 Å². The third kappa shape index (κ3) is 4.99. The Hall–Kier alpha value is -2.57. The molecule has 146 valence electrons. The van der Waals surface area contributed by atoms with Gasteiger partial charge in [0, 0.05) is 6.54 Å². The summed E-state index contributed by atoms with van der Waals surface area (Å²) in [6, 6.07) is 7.59. The molecule has 2 heterocycles. The second-order valence-corrected chi connectivity index (χ2v) is 7.56. The second kappa shape index (κ2) is 7.98. The number of likely N-dealkylation sites (tertiary alicyclic amines) is 1. The van der Waals surface area contributed by atoms with Crippen molar-refractivity contribution in [1.29, 1.82) is 0 Å². The summed E-state index contributed by atoms with van der Waals surface area (Å²) in [5.74, 6) is 0.747.